The van der Waals surface area contributed by atoms with Crippen molar-refractivity contribution in [3.8, 4) is 13.1 Å². The Balaban J connectivity index is -0.0000000125. The zero-order valence-corrected chi connectivity index (χ0v) is 4.85. The van der Waals surface area contributed by atoms with E-state index in [9.17, 15) is 0 Å². The van der Waals surface area contributed by atoms with E-state index in [-0.39, 0.29) is 59.1 Å². The number of hydrogen-bond donors (Lipinski definition) is 2. The van der Waals surface area contributed by atoms with Gasteiger partial charge in [-0.1, -0.05) is 0 Å². The van der Waals surface area contributed by atoms with E-state index in [2.05, 4.69) is 13.1 Å². The van der Waals surface area contributed by atoms with E-state index in [1.54, 1.807) is 0 Å². The molecule has 0 amide bonds. The van der Waals surface area contributed by atoms with Gasteiger partial charge in [0.1, 0.15) is 0 Å². The zero-order valence-electron chi connectivity index (χ0n) is 3.85. The van der Waals surface area contributed by atoms with Gasteiger partial charge in [0.05, 0.1) is 0 Å². The SMILES string of the molecule is C#N.C#N.O=[Si](O)O.[NaH].[NaH]. The molecule has 0 unspecified atom stereocenters. The summed E-state index contributed by atoms with van der Waals surface area (Å²) in [6.07, 6.45) is 0. The maximum atomic E-state index is 8.74. The molecule has 0 aliphatic carbocycles. The average molecular weight is 180 g/mol. The van der Waals surface area contributed by atoms with Crippen LogP contribution in [0.2, 0.25) is 0 Å². The Morgan fingerprint density at radius 3 is 1.00 bits per heavy atom. The van der Waals surface area contributed by atoms with Crippen LogP contribution in [0.3, 0.4) is 0 Å². The Labute approximate surface area is 105 Å². The maximum absolute atomic E-state index is 8.74. The third-order valence-corrected chi connectivity index (χ3v) is 0. The first-order valence-corrected chi connectivity index (χ1v) is 2.47. The van der Waals surface area contributed by atoms with Crippen LogP contribution in [0, 0.1) is 23.7 Å². The second-order valence-corrected chi connectivity index (χ2v) is 0.848. The van der Waals surface area contributed by atoms with Gasteiger partial charge in [-0.25, -0.2) is 10.5 Å². The molecule has 0 spiro atoms. The summed E-state index contributed by atoms with van der Waals surface area (Å²) < 4.78 is 8.74. The van der Waals surface area contributed by atoms with Crippen LogP contribution in [0.5, 0.6) is 0 Å². The Bertz CT molecular complexity index is 85.0. The molecule has 5 nitrogen and oxygen atoms in total. The van der Waals surface area contributed by atoms with Crippen LogP contribution in [-0.4, -0.2) is 77.9 Å². The van der Waals surface area contributed by atoms with Gasteiger partial charge >= 0.3 is 68.3 Å². The van der Waals surface area contributed by atoms with Crippen molar-refractivity contribution >= 4 is 68.3 Å². The topological polar surface area (TPSA) is 105 Å². The Hall–Kier alpha value is 0.597. The van der Waals surface area contributed by atoms with E-state index >= 15 is 0 Å². The molecule has 0 atom stereocenters. The molecule has 0 aromatic carbocycles. The van der Waals surface area contributed by atoms with Crippen molar-refractivity contribution in [1.82, 2.24) is 0 Å². The second-order valence-electron chi connectivity index (χ2n) is 0.283. The number of hydrogen-bond acceptors (Lipinski definition) is 3. The number of nitrogens with zero attached hydrogens (tertiary/aromatic N) is 2. The molecule has 0 aliphatic rings. The van der Waals surface area contributed by atoms with Crippen molar-refractivity contribution in [2.24, 2.45) is 0 Å². The summed E-state index contributed by atoms with van der Waals surface area (Å²) in [7, 11) is -3.13. The van der Waals surface area contributed by atoms with Gasteiger partial charge in [0, 0.05) is 13.1 Å². The fourth-order valence-corrected chi connectivity index (χ4v) is 0. The van der Waals surface area contributed by atoms with Crippen molar-refractivity contribution < 1.29 is 14.1 Å². The summed E-state index contributed by atoms with van der Waals surface area (Å²) in [6.45, 7) is 7.00. The molecule has 0 aliphatic heterocycles. The van der Waals surface area contributed by atoms with E-state index in [4.69, 9.17) is 24.6 Å². The molecule has 10 heavy (non-hydrogen) atoms. The zero-order chi connectivity index (χ0) is 7.58. The number of rotatable bonds is 0. The van der Waals surface area contributed by atoms with Gasteiger partial charge in [0.25, 0.3) is 0 Å². The van der Waals surface area contributed by atoms with Crippen LogP contribution in [0.1, 0.15) is 0 Å². The van der Waals surface area contributed by atoms with E-state index in [0.29, 0.717) is 0 Å². The quantitative estimate of drug-likeness (QED) is 0.397. The van der Waals surface area contributed by atoms with Gasteiger partial charge in [0.15, 0.2) is 0 Å². The molecule has 0 aromatic rings. The molecule has 0 aromatic heterocycles. The molecule has 48 valence electrons. The molecule has 0 radical (unpaired) electrons. The fourth-order valence-electron chi connectivity index (χ4n) is 0. The summed E-state index contributed by atoms with van der Waals surface area (Å²) in [5.41, 5.74) is 0. The molecule has 0 bridgehead atoms. The monoisotopic (exact) mass is 180 g/mol. The predicted molar refractivity (Wildman–Crippen MR) is 38.5 cm³/mol. The first-order chi connectivity index (χ1) is 3.73. The molecule has 0 rings (SSSR count). The van der Waals surface area contributed by atoms with Crippen molar-refractivity contribution in [2.75, 3.05) is 0 Å². The summed E-state index contributed by atoms with van der Waals surface area (Å²) in [5, 5.41) is 13.0. The molecule has 0 heterocycles. The summed E-state index contributed by atoms with van der Waals surface area (Å²) in [6, 6.07) is 0. The summed E-state index contributed by atoms with van der Waals surface area (Å²) in [5.74, 6) is 0. The molecular formula is C2H6N2Na2O3Si. The van der Waals surface area contributed by atoms with Crippen molar-refractivity contribution in [3.63, 3.8) is 0 Å². The average Bonchev–Trinajstić information content (AvgIpc) is 1.75. The Morgan fingerprint density at radius 2 is 1.00 bits per heavy atom. The molecular weight excluding hydrogens is 174 g/mol. The van der Waals surface area contributed by atoms with Gasteiger partial charge in [0.2, 0.25) is 0 Å². The van der Waals surface area contributed by atoms with E-state index < -0.39 is 9.17 Å². The molecule has 0 saturated heterocycles. The third-order valence-electron chi connectivity index (χ3n) is 0. The third kappa shape index (κ3) is 1390. The molecule has 0 saturated carbocycles. The van der Waals surface area contributed by atoms with Crippen LogP contribution < -0.4 is 0 Å². The Kier molecular flexibility index (Phi) is 171. The summed E-state index contributed by atoms with van der Waals surface area (Å²) >= 11 is 0. The van der Waals surface area contributed by atoms with E-state index in [1.165, 1.54) is 0 Å². The first kappa shape index (κ1) is 31.2. The van der Waals surface area contributed by atoms with E-state index in [1.807, 2.05) is 0 Å². The van der Waals surface area contributed by atoms with Gasteiger partial charge in [-0.3, -0.25) is 4.46 Å². The van der Waals surface area contributed by atoms with Crippen LogP contribution in [0.15, 0.2) is 0 Å². The van der Waals surface area contributed by atoms with Gasteiger partial charge in [-0.15, -0.1) is 0 Å². The minimum atomic E-state index is -3.13. The van der Waals surface area contributed by atoms with Crippen molar-refractivity contribution in [1.29, 1.82) is 10.5 Å². The number of nitriles is 2. The molecule has 8 heteroatoms. The van der Waals surface area contributed by atoms with Crippen molar-refractivity contribution in [3.05, 3.63) is 0 Å². The van der Waals surface area contributed by atoms with Crippen molar-refractivity contribution in [2.45, 2.75) is 0 Å². The predicted octanol–water partition coefficient (Wildman–Crippen LogP) is -2.63. The molecule has 2 N–H and O–H groups in total. The van der Waals surface area contributed by atoms with Gasteiger partial charge in [-0.2, -0.15) is 0 Å². The second kappa shape index (κ2) is 54.8. The van der Waals surface area contributed by atoms with Crippen LogP contribution in [0.4, 0.5) is 0 Å². The fraction of sp³-hybridized carbons (Fsp3) is 0. The van der Waals surface area contributed by atoms with Gasteiger partial charge < -0.3 is 9.59 Å². The summed E-state index contributed by atoms with van der Waals surface area (Å²) in [4.78, 5) is 14.3. The first-order valence-electron chi connectivity index (χ1n) is 1.17. The van der Waals surface area contributed by atoms with Crippen LogP contribution in [0.25, 0.3) is 0 Å². The minimum absolute atomic E-state index is 0. The Morgan fingerprint density at radius 1 is 1.00 bits per heavy atom. The van der Waals surface area contributed by atoms with Crippen LogP contribution in [-0.2, 0) is 4.46 Å². The van der Waals surface area contributed by atoms with Crippen LogP contribution >= 0.6 is 0 Å². The van der Waals surface area contributed by atoms with Gasteiger partial charge in [-0.05, 0) is 0 Å². The standard InChI is InChI=1S/2CHN.2Na.H2O3Si.2H/c2*1-2;;;1-4(2)3;;/h2*1H;;;1-2H;;. The normalized spacial score (nSPS) is 2.80. The van der Waals surface area contributed by atoms with E-state index in [0.717, 1.165) is 0 Å². The molecule has 0 fully saturated rings.